The fourth-order valence-corrected chi connectivity index (χ4v) is 10.5. The standard InChI is InChI=1S/C51H64F2N8O6/c1-27(2)31(24-44(62)66-8)48(63)59-20-10-12-42(59)46-54-36-22-32(34(52)25-38(36)56-46)40-18-19-41(61(40)30-16-14-29(15-17-30)51(5,6)7)33-23-37-39(26-35(33)53)57-47(55-37)43-13-11-21-60(43)49(64)45(28(3)4)58-50(65)67-9/h14-17,22-23,25-28,31,40-43,45H,10-13,18-21,24H2,1-9H3,(H,54,56)(H,55,57)(H,58,65)/t31?,40-,41+,42-,43-,45-/m0/s1. The molecule has 0 radical (unpaired) electrons. The molecule has 1 unspecified atom stereocenters. The monoisotopic (exact) mass is 922 g/mol. The average molecular weight is 923 g/mol. The van der Waals surface area contributed by atoms with Crippen molar-refractivity contribution in [1.29, 1.82) is 0 Å². The molecular formula is C51H64F2N8O6. The number of nitrogens with zero attached hydrogens (tertiary/aromatic N) is 5. The van der Waals surface area contributed by atoms with Crippen molar-refractivity contribution >= 4 is 51.6 Å². The van der Waals surface area contributed by atoms with E-state index in [1.165, 1.54) is 26.4 Å². The molecule has 3 aliphatic heterocycles. The minimum atomic E-state index is -0.794. The van der Waals surface area contributed by atoms with Gasteiger partial charge in [-0.2, -0.15) is 0 Å². The Balaban J connectivity index is 1.12. The van der Waals surface area contributed by atoms with Gasteiger partial charge in [-0.05, 0) is 85.6 Å². The van der Waals surface area contributed by atoms with Gasteiger partial charge in [0.05, 0.1) is 72.8 Å². The average Bonchev–Trinajstić information content (AvgIpc) is 4.15. The summed E-state index contributed by atoms with van der Waals surface area (Å²) in [5.41, 5.74) is 4.83. The Morgan fingerprint density at radius 2 is 1.22 bits per heavy atom. The van der Waals surface area contributed by atoms with Crippen molar-refractivity contribution in [2.24, 2.45) is 17.8 Å². The number of alkyl carbamates (subject to hydrolysis) is 1. The van der Waals surface area contributed by atoms with Crippen molar-refractivity contribution in [3.8, 4) is 0 Å². The summed E-state index contributed by atoms with van der Waals surface area (Å²) in [4.78, 5) is 74.4. The van der Waals surface area contributed by atoms with Gasteiger partial charge in [0, 0.05) is 42.0 Å². The number of fused-ring (bicyclic) bond motifs is 2. The van der Waals surface area contributed by atoms with Crippen LogP contribution in [0.25, 0.3) is 22.1 Å². The van der Waals surface area contributed by atoms with E-state index in [2.05, 4.69) is 53.1 Å². The first-order chi connectivity index (χ1) is 31.9. The lowest BCUT2D eigenvalue weighted by Crippen LogP contribution is -2.51. The van der Waals surface area contributed by atoms with Crippen LogP contribution in [0.15, 0.2) is 48.5 Å². The maximum absolute atomic E-state index is 16.7. The topological polar surface area (TPSA) is 166 Å². The number of esters is 1. The normalized spacial score (nSPS) is 20.9. The minimum Gasteiger partial charge on any atom is -0.469 e. The molecule has 3 aliphatic rings. The van der Waals surface area contributed by atoms with Crippen molar-refractivity contribution in [3.63, 3.8) is 0 Å². The van der Waals surface area contributed by atoms with Crippen LogP contribution in [0.2, 0.25) is 0 Å². The van der Waals surface area contributed by atoms with Gasteiger partial charge >= 0.3 is 12.1 Å². The van der Waals surface area contributed by atoms with E-state index in [0.717, 1.165) is 24.1 Å². The number of anilines is 1. The third kappa shape index (κ3) is 9.32. The van der Waals surface area contributed by atoms with Crippen LogP contribution in [-0.4, -0.2) is 87.0 Å². The SMILES string of the molecule is COC(=O)CC(C(=O)N1CCC[C@H]1c1nc2cc(F)c([C@@H]3CC[C@H](c4cc5[nH]c([C@@H]6CCCN6C(=O)[C@@H](NC(=O)OC)C(C)C)nc5cc4F)N3c3ccc(C(C)(C)C)cc3)cc2[nH]1)C(C)C. The summed E-state index contributed by atoms with van der Waals surface area (Å²) in [5, 5.41) is 2.68. The number of methoxy groups -OCH3 is 2. The third-order valence-electron chi connectivity index (χ3n) is 14.2. The molecule has 16 heteroatoms. The number of nitrogens with one attached hydrogen (secondary N) is 3. The molecule has 67 heavy (non-hydrogen) atoms. The van der Waals surface area contributed by atoms with Gasteiger partial charge in [-0.3, -0.25) is 14.4 Å². The van der Waals surface area contributed by atoms with Gasteiger partial charge in [-0.1, -0.05) is 60.6 Å². The maximum Gasteiger partial charge on any atom is 0.407 e. The van der Waals surface area contributed by atoms with E-state index in [0.29, 0.717) is 83.6 Å². The van der Waals surface area contributed by atoms with Crippen LogP contribution in [0.5, 0.6) is 0 Å². The number of carbonyl (C=O) groups excluding carboxylic acids is 4. The van der Waals surface area contributed by atoms with Crippen molar-refractivity contribution in [2.75, 3.05) is 32.2 Å². The fourth-order valence-electron chi connectivity index (χ4n) is 10.5. The number of rotatable bonds is 12. The molecule has 0 aliphatic carbocycles. The molecule has 2 aromatic heterocycles. The molecule has 3 fully saturated rings. The van der Waals surface area contributed by atoms with Crippen LogP contribution in [0.1, 0.15) is 146 Å². The molecule has 8 rings (SSSR count). The van der Waals surface area contributed by atoms with E-state index in [4.69, 9.17) is 19.4 Å². The Kier molecular flexibility index (Phi) is 13.4. The van der Waals surface area contributed by atoms with E-state index in [9.17, 15) is 19.2 Å². The molecule has 3 amide bonds. The van der Waals surface area contributed by atoms with Crippen LogP contribution in [0, 0.1) is 29.4 Å². The van der Waals surface area contributed by atoms with Gasteiger partial charge < -0.3 is 39.5 Å². The molecule has 5 aromatic rings. The Hall–Kier alpha value is -6.06. The van der Waals surface area contributed by atoms with Crippen LogP contribution in [0.4, 0.5) is 19.3 Å². The molecular weight excluding hydrogens is 859 g/mol. The van der Waals surface area contributed by atoms with Crippen molar-refractivity contribution < 1.29 is 37.4 Å². The molecule has 358 valence electrons. The molecule has 0 saturated carbocycles. The number of carbonyl (C=O) groups is 4. The lowest BCUT2D eigenvalue weighted by molar-refractivity contribution is -0.148. The first kappa shape index (κ1) is 47.4. The number of benzene rings is 3. The number of H-pyrrole nitrogens is 2. The number of imidazole rings is 2. The summed E-state index contributed by atoms with van der Waals surface area (Å²) in [6.45, 7) is 15.0. The zero-order chi connectivity index (χ0) is 48.1. The van der Waals surface area contributed by atoms with Crippen molar-refractivity contribution in [3.05, 3.63) is 88.5 Å². The van der Waals surface area contributed by atoms with Crippen molar-refractivity contribution in [2.45, 2.75) is 129 Å². The Morgan fingerprint density at radius 3 is 1.67 bits per heavy atom. The number of ether oxygens (including phenoxy) is 2. The summed E-state index contributed by atoms with van der Waals surface area (Å²) in [5.74, 6) is -1.40. The van der Waals surface area contributed by atoms with Gasteiger partial charge in [0.15, 0.2) is 0 Å². The largest absolute Gasteiger partial charge is 0.469 e. The number of hydrogen-bond donors (Lipinski definition) is 3. The third-order valence-corrected chi connectivity index (χ3v) is 14.2. The van der Waals surface area contributed by atoms with E-state index in [-0.39, 0.29) is 41.5 Å². The first-order valence-electron chi connectivity index (χ1n) is 23.7. The second-order valence-electron chi connectivity index (χ2n) is 20.2. The van der Waals surface area contributed by atoms with Crippen LogP contribution in [-0.2, 0) is 29.3 Å². The fraction of sp³-hybridized carbons (Fsp3) is 0.529. The smallest absolute Gasteiger partial charge is 0.407 e. The lowest BCUT2D eigenvalue weighted by atomic mass is 9.87. The van der Waals surface area contributed by atoms with Crippen LogP contribution >= 0.6 is 0 Å². The molecule has 0 spiro atoms. The number of aromatic amines is 2. The van der Waals surface area contributed by atoms with E-state index in [1.807, 2.05) is 39.8 Å². The van der Waals surface area contributed by atoms with E-state index >= 15 is 8.78 Å². The molecule has 3 aromatic carbocycles. The van der Waals surface area contributed by atoms with Crippen molar-refractivity contribution in [1.82, 2.24) is 35.1 Å². The quantitative estimate of drug-likeness (QED) is 0.103. The van der Waals surface area contributed by atoms with Crippen LogP contribution in [0.3, 0.4) is 0 Å². The van der Waals surface area contributed by atoms with E-state index in [1.54, 1.807) is 21.9 Å². The summed E-state index contributed by atoms with van der Waals surface area (Å²) < 4.78 is 43.1. The maximum atomic E-state index is 16.7. The molecule has 3 N–H and O–H groups in total. The zero-order valence-corrected chi connectivity index (χ0v) is 40.0. The molecule has 14 nitrogen and oxygen atoms in total. The highest BCUT2D eigenvalue weighted by Gasteiger charge is 2.42. The zero-order valence-electron chi connectivity index (χ0n) is 40.0. The summed E-state index contributed by atoms with van der Waals surface area (Å²) in [7, 11) is 2.58. The second kappa shape index (κ2) is 18.9. The Bertz CT molecular complexity index is 2500. The Morgan fingerprint density at radius 1 is 0.716 bits per heavy atom. The van der Waals surface area contributed by atoms with Gasteiger partial charge in [-0.25, -0.2) is 23.5 Å². The number of halogens is 2. The van der Waals surface area contributed by atoms with Crippen LogP contribution < -0.4 is 10.2 Å². The predicted molar refractivity (Wildman–Crippen MR) is 251 cm³/mol. The molecule has 6 atom stereocenters. The van der Waals surface area contributed by atoms with Gasteiger partial charge in [0.2, 0.25) is 11.8 Å². The van der Waals surface area contributed by atoms with Gasteiger partial charge in [0.1, 0.15) is 29.3 Å². The van der Waals surface area contributed by atoms with Gasteiger partial charge in [0.25, 0.3) is 0 Å². The minimum absolute atomic E-state index is 0.0112. The second-order valence-corrected chi connectivity index (χ2v) is 20.2. The first-order valence-corrected chi connectivity index (χ1v) is 23.7. The lowest BCUT2D eigenvalue weighted by Gasteiger charge is -2.34. The number of hydrogen-bond acceptors (Lipinski definition) is 9. The molecule has 0 bridgehead atoms. The number of aromatic nitrogens is 4. The van der Waals surface area contributed by atoms with Gasteiger partial charge in [-0.15, -0.1) is 0 Å². The summed E-state index contributed by atoms with van der Waals surface area (Å²) in [6, 6.07) is 12.2. The number of amides is 3. The summed E-state index contributed by atoms with van der Waals surface area (Å²) >= 11 is 0. The highest BCUT2D eigenvalue weighted by atomic mass is 19.1. The highest BCUT2D eigenvalue weighted by Crippen LogP contribution is 2.49. The molecule has 3 saturated heterocycles. The van der Waals surface area contributed by atoms with E-state index < -0.39 is 53.8 Å². The Labute approximate surface area is 390 Å². The number of likely N-dealkylation sites (tertiary alicyclic amines) is 2. The predicted octanol–water partition coefficient (Wildman–Crippen LogP) is 9.64. The summed E-state index contributed by atoms with van der Waals surface area (Å²) in [6.07, 6.45) is 3.17. The highest BCUT2D eigenvalue weighted by molar-refractivity contribution is 5.87. The molecule has 5 heterocycles.